The van der Waals surface area contributed by atoms with Gasteiger partial charge in [-0.05, 0) is 74.5 Å². The molecule has 0 unspecified atom stereocenters. The van der Waals surface area contributed by atoms with E-state index >= 15 is 0 Å². The predicted molar refractivity (Wildman–Crippen MR) is 124 cm³/mol. The van der Waals surface area contributed by atoms with E-state index < -0.39 is 11.6 Å². The summed E-state index contributed by atoms with van der Waals surface area (Å²) in [5.74, 6) is -0.936. The van der Waals surface area contributed by atoms with Crippen molar-refractivity contribution in [2.45, 2.75) is 38.8 Å². The Morgan fingerprint density at radius 1 is 1.12 bits per heavy atom. The molecule has 2 heterocycles. The summed E-state index contributed by atoms with van der Waals surface area (Å²) in [4.78, 5) is 17.1. The van der Waals surface area contributed by atoms with E-state index in [9.17, 15) is 13.6 Å². The maximum absolute atomic E-state index is 14.5. The molecule has 0 bridgehead atoms. The first-order valence-corrected chi connectivity index (χ1v) is 11.4. The zero-order valence-electron chi connectivity index (χ0n) is 19.1. The Hall–Kier alpha value is -2.99. The van der Waals surface area contributed by atoms with Crippen molar-refractivity contribution in [2.24, 2.45) is 5.92 Å². The molecule has 0 saturated carbocycles. The van der Waals surface area contributed by atoms with Gasteiger partial charge in [0.05, 0.1) is 6.26 Å². The van der Waals surface area contributed by atoms with Crippen LogP contribution < -0.4 is 0 Å². The van der Waals surface area contributed by atoms with E-state index in [2.05, 4.69) is 36.1 Å². The van der Waals surface area contributed by atoms with Gasteiger partial charge in [-0.1, -0.05) is 35.9 Å². The predicted octanol–water partition coefficient (Wildman–Crippen LogP) is 5.46. The van der Waals surface area contributed by atoms with Gasteiger partial charge in [0, 0.05) is 25.7 Å². The minimum Gasteiger partial charge on any atom is -0.459 e. The molecule has 1 aromatic heterocycles. The summed E-state index contributed by atoms with van der Waals surface area (Å²) in [6, 6.07) is 15.3. The third kappa shape index (κ3) is 5.69. The molecule has 3 aromatic rings. The van der Waals surface area contributed by atoms with Crippen LogP contribution in [0, 0.1) is 24.5 Å². The number of nitrogens with zero attached hydrogens (tertiary/aromatic N) is 2. The molecular formula is C27H30F2N2O2. The van der Waals surface area contributed by atoms with Crippen molar-refractivity contribution >= 4 is 5.91 Å². The average molecular weight is 453 g/mol. The highest BCUT2D eigenvalue weighted by Crippen LogP contribution is 2.29. The van der Waals surface area contributed by atoms with Crippen LogP contribution in [0.3, 0.4) is 0 Å². The number of benzene rings is 2. The van der Waals surface area contributed by atoms with E-state index in [-0.39, 0.29) is 23.6 Å². The van der Waals surface area contributed by atoms with Gasteiger partial charge in [0.25, 0.3) is 5.91 Å². The number of furan rings is 1. The number of amides is 1. The van der Waals surface area contributed by atoms with Crippen LogP contribution in [-0.4, -0.2) is 41.9 Å². The Bertz CT molecular complexity index is 1060. The molecule has 1 amide bonds. The van der Waals surface area contributed by atoms with Gasteiger partial charge in [-0.3, -0.25) is 9.69 Å². The number of hydrogen-bond acceptors (Lipinski definition) is 3. The number of aryl methyl sites for hydroxylation is 1. The smallest absolute Gasteiger partial charge is 0.289 e. The van der Waals surface area contributed by atoms with Crippen LogP contribution in [0.25, 0.3) is 0 Å². The van der Waals surface area contributed by atoms with Crippen LogP contribution in [0.15, 0.2) is 65.3 Å². The first-order valence-electron chi connectivity index (χ1n) is 11.4. The van der Waals surface area contributed by atoms with Crippen molar-refractivity contribution < 1.29 is 18.0 Å². The largest absolute Gasteiger partial charge is 0.459 e. The van der Waals surface area contributed by atoms with Gasteiger partial charge in [-0.2, -0.15) is 0 Å². The van der Waals surface area contributed by atoms with Crippen molar-refractivity contribution in [2.75, 3.05) is 20.1 Å². The number of carbonyl (C=O) groups is 1. The van der Waals surface area contributed by atoms with Crippen LogP contribution in [-0.2, 0) is 13.0 Å². The lowest BCUT2D eigenvalue weighted by Crippen LogP contribution is -2.47. The Morgan fingerprint density at radius 2 is 1.85 bits per heavy atom. The zero-order valence-corrected chi connectivity index (χ0v) is 19.1. The number of carbonyl (C=O) groups excluding carboxylic acids is 1. The maximum atomic E-state index is 14.5. The minimum atomic E-state index is -0.600. The molecule has 1 fully saturated rings. The maximum Gasteiger partial charge on any atom is 0.289 e. The lowest BCUT2D eigenvalue weighted by atomic mass is 9.84. The molecule has 33 heavy (non-hydrogen) atoms. The number of rotatable bonds is 7. The highest BCUT2D eigenvalue weighted by Gasteiger charge is 2.33. The van der Waals surface area contributed by atoms with Gasteiger partial charge >= 0.3 is 0 Å². The molecule has 174 valence electrons. The molecule has 1 aliphatic heterocycles. The van der Waals surface area contributed by atoms with E-state index in [1.54, 1.807) is 24.1 Å². The van der Waals surface area contributed by atoms with Gasteiger partial charge in [-0.25, -0.2) is 8.78 Å². The SMILES string of the molecule is Cc1ccc(CN2CCC([C@H](Cc3ccc(F)cc3F)N(C)C(=O)c3ccco3)CC2)cc1. The number of likely N-dealkylation sites (tertiary alicyclic amines) is 1. The monoisotopic (exact) mass is 452 g/mol. The van der Waals surface area contributed by atoms with Gasteiger partial charge in [0.1, 0.15) is 11.6 Å². The summed E-state index contributed by atoms with van der Waals surface area (Å²) in [5, 5.41) is 0. The summed E-state index contributed by atoms with van der Waals surface area (Å²) < 4.78 is 33.2. The van der Waals surface area contributed by atoms with Crippen molar-refractivity contribution in [1.29, 1.82) is 0 Å². The van der Waals surface area contributed by atoms with Crippen LogP contribution in [0.5, 0.6) is 0 Å². The molecule has 1 aliphatic rings. The average Bonchev–Trinajstić information content (AvgIpc) is 3.35. The second kappa shape index (κ2) is 10.3. The fourth-order valence-electron chi connectivity index (χ4n) is 4.70. The minimum absolute atomic E-state index is 0.202. The van der Waals surface area contributed by atoms with Crippen molar-refractivity contribution in [3.8, 4) is 0 Å². The molecule has 4 rings (SSSR count). The lowest BCUT2D eigenvalue weighted by Gasteiger charge is -2.40. The molecule has 1 atom stereocenters. The summed E-state index contributed by atoms with van der Waals surface area (Å²) in [6.07, 6.45) is 3.60. The lowest BCUT2D eigenvalue weighted by molar-refractivity contribution is 0.0554. The Kier molecular flexibility index (Phi) is 7.23. The van der Waals surface area contributed by atoms with E-state index in [0.717, 1.165) is 38.5 Å². The standard InChI is InChI=1S/C27H30F2N2O2/c1-19-5-7-20(8-6-19)18-31-13-11-21(12-14-31)25(16-22-9-10-23(28)17-24(22)29)30(2)27(32)26-4-3-15-33-26/h3-10,15,17,21,25H,11-14,16,18H2,1-2H3/t25-/m0/s1. The van der Waals surface area contributed by atoms with E-state index in [0.29, 0.717) is 12.0 Å². The van der Waals surface area contributed by atoms with Gasteiger partial charge in [-0.15, -0.1) is 0 Å². The van der Waals surface area contributed by atoms with Crippen molar-refractivity contribution in [1.82, 2.24) is 9.80 Å². The molecule has 0 aliphatic carbocycles. The molecule has 0 spiro atoms. The topological polar surface area (TPSA) is 36.7 Å². The molecule has 1 saturated heterocycles. The molecule has 0 radical (unpaired) electrons. The summed E-state index contributed by atoms with van der Waals surface area (Å²) >= 11 is 0. The fourth-order valence-corrected chi connectivity index (χ4v) is 4.70. The highest BCUT2D eigenvalue weighted by atomic mass is 19.1. The van der Waals surface area contributed by atoms with E-state index in [1.807, 2.05) is 0 Å². The first kappa shape index (κ1) is 23.2. The summed E-state index contributed by atoms with van der Waals surface area (Å²) in [5.41, 5.74) is 2.95. The number of piperidine rings is 1. The van der Waals surface area contributed by atoms with Gasteiger partial charge in [0.15, 0.2) is 5.76 Å². The van der Waals surface area contributed by atoms with Crippen LogP contribution >= 0.6 is 0 Å². The Balaban J connectivity index is 1.48. The third-order valence-corrected chi connectivity index (χ3v) is 6.70. The molecule has 0 N–H and O–H groups in total. The van der Waals surface area contributed by atoms with Gasteiger partial charge in [0.2, 0.25) is 0 Å². The van der Waals surface area contributed by atoms with E-state index in [1.165, 1.54) is 29.5 Å². The van der Waals surface area contributed by atoms with Crippen LogP contribution in [0.2, 0.25) is 0 Å². The fraction of sp³-hybridized carbons (Fsp3) is 0.370. The second-order valence-electron chi connectivity index (χ2n) is 9.00. The Morgan fingerprint density at radius 3 is 2.48 bits per heavy atom. The number of hydrogen-bond donors (Lipinski definition) is 0. The van der Waals surface area contributed by atoms with Crippen molar-refractivity contribution in [3.05, 3.63) is 94.9 Å². The van der Waals surface area contributed by atoms with E-state index in [4.69, 9.17) is 4.42 Å². The van der Waals surface area contributed by atoms with Crippen LogP contribution in [0.4, 0.5) is 8.78 Å². The normalized spacial score (nSPS) is 16.0. The van der Waals surface area contributed by atoms with Gasteiger partial charge < -0.3 is 9.32 Å². The molecular weight excluding hydrogens is 422 g/mol. The second-order valence-corrected chi connectivity index (χ2v) is 9.00. The zero-order chi connectivity index (χ0) is 23.4. The molecule has 6 heteroatoms. The Labute approximate surface area is 193 Å². The third-order valence-electron chi connectivity index (χ3n) is 6.70. The molecule has 4 nitrogen and oxygen atoms in total. The number of likely N-dealkylation sites (N-methyl/N-ethyl adjacent to an activating group) is 1. The van der Waals surface area contributed by atoms with Crippen LogP contribution in [0.1, 0.15) is 40.1 Å². The number of halogens is 2. The highest BCUT2D eigenvalue weighted by molar-refractivity contribution is 5.91. The first-order chi connectivity index (χ1) is 15.9. The molecule has 2 aromatic carbocycles. The summed E-state index contributed by atoms with van der Waals surface area (Å²) in [6.45, 7) is 4.79. The van der Waals surface area contributed by atoms with Crippen molar-refractivity contribution in [3.63, 3.8) is 0 Å². The summed E-state index contributed by atoms with van der Waals surface area (Å²) in [7, 11) is 1.75. The quantitative estimate of drug-likeness (QED) is 0.478.